The Morgan fingerprint density at radius 2 is 2.24 bits per heavy atom. The van der Waals surface area contributed by atoms with E-state index in [4.69, 9.17) is 15.4 Å². The maximum absolute atomic E-state index is 12.0. The van der Waals surface area contributed by atoms with Crippen molar-refractivity contribution < 1.29 is 9.21 Å². The first-order chi connectivity index (χ1) is 10.2. The second kappa shape index (κ2) is 4.98. The van der Waals surface area contributed by atoms with Crippen molar-refractivity contribution in [3.05, 3.63) is 53.9 Å². The van der Waals surface area contributed by atoms with Crippen LogP contribution in [0.15, 0.2) is 47.0 Å². The molecule has 3 rings (SSSR count). The molecule has 3 aromatic rings. The van der Waals surface area contributed by atoms with Crippen LogP contribution < -0.4 is 5.73 Å². The molecule has 2 heterocycles. The highest BCUT2D eigenvalue weighted by atomic mass is 16.3. The molecule has 0 radical (unpaired) electrons. The molecule has 6 heteroatoms. The number of nitriles is 1. The van der Waals surface area contributed by atoms with Crippen LogP contribution in [0.5, 0.6) is 0 Å². The van der Waals surface area contributed by atoms with E-state index in [2.05, 4.69) is 5.10 Å². The summed E-state index contributed by atoms with van der Waals surface area (Å²) in [5.74, 6) is 0.127. The summed E-state index contributed by atoms with van der Waals surface area (Å²) < 4.78 is 6.53. The third-order valence-corrected chi connectivity index (χ3v) is 2.97. The predicted octanol–water partition coefficient (Wildman–Crippen LogP) is 2.44. The highest BCUT2D eigenvalue weighted by molar-refractivity contribution is 5.95. The predicted molar refractivity (Wildman–Crippen MR) is 77.2 cm³/mol. The van der Waals surface area contributed by atoms with Crippen molar-refractivity contribution >= 4 is 28.8 Å². The number of fused-ring (bicyclic) bond motifs is 1. The van der Waals surface area contributed by atoms with Crippen molar-refractivity contribution in [2.45, 2.75) is 0 Å². The van der Waals surface area contributed by atoms with Crippen LogP contribution in [-0.2, 0) is 0 Å². The number of hydrogen-bond donors (Lipinski definition) is 1. The van der Waals surface area contributed by atoms with Crippen LogP contribution in [0.4, 0.5) is 5.82 Å². The van der Waals surface area contributed by atoms with Gasteiger partial charge in [0, 0.05) is 11.5 Å². The molecule has 0 atom stereocenters. The van der Waals surface area contributed by atoms with Gasteiger partial charge in [0.05, 0.1) is 6.20 Å². The van der Waals surface area contributed by atoms with E-state index in [1.807, 2.05) is 36.4 Å². The van der Waals surface area contributed by atoms with Crippen molar-refractivity contribution in [1.82, 2.24) is 9.78 Å². The summed E-state index contributed by atoms with van der Waals surface area (Å²) in [5.41, 5.74) is 6.56. The van der Waals surface area contributed by atoms with E-state index in [0.29, 0.717) is 5.76 Å². The molecule has 0 aliphatic rings. The molecule has 21 heavy (non-hydrogen) atoms. The Balaban J connectivity index is 1.86. The maximum Gasteiger partial charge on any atom is 0.272 e. The second-order valence-electron chi connectivity index (χ2n) is 4.33. The molecule has 1 aromatic carbocycles. The zero-order chi connectivity index (χ0) is 14.8. The summed E-state index contributed by atoms with van der Waals surface area (Å²) in [4.78, 5) is 12.0. The quantitative estimate of drug-likeness (QED) is 0.726. The van der Waals surface area contributed by atoms with Crippen LogP contribution in [0, 0.1) is 11.3 Å². The topological polar surface area (TPSA) is 97.8 Å². The second-order valence-corrected chi connectivity index (χ2v) is 4.33. The van der Waals surface area contributed by atoms with Crippen molar-refractivity contribution in [3.63, 3.8) is 0 Å². The first kappa shape index (κ1) is 12.7. The molecule has 0 unspecified atom stereocenters. The minimum absolute atomic E-state index is 0.0248. The monoisotopic (exact) mass is 278 g/mol. The zero-order valence-electron chi connectivity index (χ0n) is 10.9. The Labute approximate surface area is 119 Å². The summed E-state index contributed by atoms with van der Waals surface area (Å²) in [5, 5.41) is 13.5. The summed E-state index contributed by atoms with van der Waals surface area (Å²) >= 11 is 0. The summed E-state index contributed by atoms with van der Waals surface area (Å²) in [7, 11) is 0. The van der Waals surface area contributed by atoms with Crippen LogP contribution in [0.25, 0.3) is 17.0 Å². The fourth-order valence-corrected chi connectivity index (χ4v) is 1.93. The summed E-state index contributed by atoms with van der Waals surface area (Å²) in [6.45, 7) is 0. The van der Waals surface area contributed by atoms with E-state index in [9.17, 15) is 4.79 Å². The van der Waals surface area contributed by atoms with Gasteiger partial charge >= 0.3 is 0 Å². The van der Waals surface area contributed by atoms with Gasteiger partial charge in [0.2, 0.25) is 0 Å². The molecule has 2 aromatic heterocycles. The largest absolute Gasteiger partial charge is 0.457 e. The van der Waals surface area contributed by atoms with Gasteiger partial charge in [-0.25, -0.2) is 0 Å². The minimum Gasteiger partial charge on any atom is -0.457 e. The van der Waals surface area contributed by atoms with E-state index in [-0.39, 0.29) is 11.4 Å². The Morgan fingerprint density at radius 3 is 2.95 bits per heavy atom. The van der Waals surface area contributed by atoms with Gasteiger partial charge < -0.3 is 10.2 Å². The van der Waals surface area contributed by atoms with E-state index in [0.717, 1.165) is 15.7 Å². The fourth-order valence-electron chi connectivity index (χ4n) is 1.93. The highest BCUT2D eigenvalue weighted by Gasteiger charge is 2.11. The van der Waals surface area contributed by atoms with Crippen LogP contribution in [-0.4, -0.2) is 15.7 Å². The van der Waals surface area contributed by atoms with Crippen molar-refractivity contribution in [2.75, 3.05) is 5.73 Å². The molecule has 102 valence electrons. The lowest BCUT2D eigenvalue weighted by Gasteiger charge is -1.96. The highest BCUT2D eigenvalue weighted by Crippen LogP contribution is 2.19. The number of carbonyl (C=O) groups is 1. The van der Waals surface area contributed by atoms with E-state index in [1.54, 1.807) is 0 Å². The number of benzene rings is 1. The molecule has 0 saturated carbocycles. The van der Waals surface area contributed by atoms with Crippen LogP contribution >= 0.6 is 0 Å². The van der Waals surface area contributed by atoms with Crippen molar-refractivity contribution in [3.8, 4) is 6.07 Å². The number of nitrogens with two attached hydrogens (primary N) is 1. The number of furan rings is 1. The molecule has 0 aliphatic carbocycles. The average molecular weight is 278 g/mol. The molecular formula is C15H10N4O2. The summed E-state index contributed by atoms with van der Waals surface area (Å²) in [6.07, 6.45) is 4.08. The zero-order valence-corrected chi connectivity index (χ0v) is 10.9. The number of aromatic nitrogens is 2. The number of nitrogen functional groups attached to an aromatic ring is 1. The van der Waals surface area contributed by atoms with Gasteiger partial charge in [-0.05, 0) is 18.2 Å². The van der Waals surface area contributed by atoms with Crippen molar-refractivity contribution in [1.29, 1.82) is 5.26 Å². The van der Waals surface area contributed by atoms with Gasteiger partial charge in [0.1, 0.15) is 28.8 Å². The number of anilines is 1. The Bertz CT molecular complexity index is 863. The Morgan fingerprint density at radius 1 is 1.43 bits per heavy atom. The van der Waals surface area contributed by atoms with Crippen LogP contribution in [0.3, 0.4) is 0 Å². The van der Waals surface area contributed by atoms with Gasteiger partial charge in [-0.15, -0.1) is 0 Å². The smallest absolute Gasteiger partial charge is 0.272 e. The van der Waals surface area contributed by atoms with E-state index in [1.165, 1.54) is 18.3 Å². The van der Waals surface area contributed by atoms with Crippen LogP contribution in [0.2, 0.25) is 0 Å². The lowest BCUT2D eigenvalue weighted by atomic mass is 10.2. The van der Waals surface area contributed by atoms with E-state index < -0.39 is 5.91 Å². The van der Waals surface area contributed by atoms with Gasteiger partial charge in [-0.3, -0.25) is 4.79 Å². The third kappa shape index (κ3) is 2.28. The third-order valence-electron chi connectivity index (χ3n) is 2.97. The first-order valence-corrected chi connectivity index (χ1v) is 6.13. The molecule has 0 fully saturated rings. The number of para-hydroxylation sites is 1. The minimum atomic E-state index is -0.450. The van der Waals surface area contributed by atoms with E-state index >= 15 is 0 Å². The van der Waals surface area contributed by atoms with Gasteiger partial charge in [-0.2, -0.15) is 15.0 Å². The molecule has 2 N–H and O–H groups in total. The van der Waals surface area contributed by atoms with Gasteiger partial charge in [0.25, 0.3) is 5.91 Å². The molecule has 0 bridgehead atoms. The van der Waals surface area contributed by atoms with Crippen LogP contribution in [0.1, 0.15) is 16.1 Å². The maximum atomic E-state index is 12.0. The molecule has 0 amide bonds. The number of carbonyl (C=O) groups excluding carboxylic acids is 1. The molecule has 0 spiro atoms. The number of nitrogens with zero attached hydrogens (tertiary/aromatic N) is 3. The molecular weight excluding hydrogens is 268 g/mol. The summed E-state index contributed by atoms with van der Waals surface area (Å²) in [6, 6.07) is 11.2. The molecule has 0 saturated heterocycles. The first-order valence-electron chi connectivity index (χ1n) is 6.13. The normalized spacial score (nSPS) is 11.0. The lowest BCUT2D eigenvalue weighted by Crippen LogP contribution is -2.12. The Kier molecular flexibility index (Phi) is 3.01. The number of rotatable bonds is 2. The SMILES string of the molecule is N#Cc1cnn(C(=O)C=Cc2cc3ccccc3o2)c1N. The van der Waals surface area contributed by atoms with Gasteiger partial charge in [0.15, 0.2) is 0 Å². The fraction of sp³-hybridized carbons (Fsp3) is 0. The Hall–Kier alpha value is -3.33. The average Bonchev–Trinajstić information content (AvgIpc) is 3.07. The lowest BCUT2D eigenvalue weighted by molar-refractivity contribution is 0.0958. The van der Waals surface area contributed by atoms with Gasteiger partial charge in [-0.1, -0.05) is 18.2 Å². The number of hydrogen-bond acceptors (Lipinski definition) is 5. The molecule has 6 nitrogen and oxygen atoms in total. The number of allylic oxidation sites excluding steroid dienone is 1. The standard InChI is InChI=1S/C15H10N4O2/c16-8-11-9-18-19(15(11)17)14(20)6-5-12-7-10-3-1-2-4-13(10)21-12/h1-7,9H,17H2. The van der Waals surface area contributed by atoms with Crippen molar-refractivity contribution in [2.24, 2.45) is 0 Å². The molecule has 0 aliphatic heterocycles.